The third kappa shape index (κ3) is 4.09. The number of phenols is 1. The number of hydrogen-bond acceptors (Lipinski definition) is 5. The van der Waals surface area contributed by atoms with Crippen molar-refractivity contribution in [2.45, 2.75) is 65.0 Å². The van der Waals surface area contributed by atoms with E-state index >= 15 is 0 Å². The van der Waals surface area contributed by atoms with Gasteiger partial charge in [0.1, 0.15) is 23.7 Å². The third-order valence-electron chi connectivity index (χ3n) is 6.34. The molecule has 1 N–H and O–H groups in total. The number of aromatic nitrogens is 2. The topological polar surface area (TPSA) is 68.9 Å². The van der Waals surface area contributed by atoms with E-state index < -0.39 is 0 Å². The van der Waals surface area contributed by atoms with E-state index in [1.807, 2.05) is 23.8 Å². The van der Waals surface area contributed by atoms with Gasteiger partial charge in [-0.3, -0.25) is 0 Å². The van der Waals surface area contributed by atoms with Gasteiger partial charge in [-0.15, -0.1) is 0 Å². The molecule has 6 heteroatoms. The predicted molar refractivity (Wildman–Crippen MR) is 117 cm³/mol. The lowest BCUT2D eigenvalue weighted by atomic mass is 9.67. The smallest absolute Gasteiger partial charge is 0.127 e. The summed E-state index contributed by atoms with van der Waals surface area (Å²) < 4.78 is 8.40. The lowest BCUT2D eigenvalue weighted by molar-refractivity contribution is 0.00760. The maximum Gasteiger partial charge on any atom is 0.127 e. The normalized spacial score (nSPS) is 22.5. The predicted octanol–water partition coefficient (Wildman–Crippen LogP) is 5.03. The molecule has 1 aliphatic carbocycles. The molecule has 0 saturated carbocycles. The second-order valence-electron chi connectivity index (χ2n) is 8.98. The first-order valence-corrected chi connectivity index (χ1v) is 10.7. The Kier molecular flexibility index (Phi) is 5.58. The SMILES string of the molecule is CC1=CC[C@H]2[C@H](C1)c1c(O)cc(/C(C)=N/OCCCn3ccnc3)cc1OC2(C)C. The third-order valence-corrected chi connectivity index (χ3v) is 6.34. The second-order valence-corrected chi connectivity index (χ2v) is 8.98. The van der Waals surface area contributed by atoms with Crippen LogP contribution in [0.25, 0.3) is 0 Å². The van der Waals surface area contributed by atoms with Crippen LogP contribution in [0.1, 0.15) is 64.0 Å². The number of aryl methyl sites for hydroxylation is 1. The molecule has 2 heterocycles. The van der Waals surface area contributed by atoms with Crippen molar-refractivity contribution in [2.24, 2.45) is 11.1 Å². The Balaban J connectivity index is 1.49. The van der Waals surface area contributed by atoms with Gasteiger partial charge in [0.25, 0.3) is 0 Å². The van der Waals surface area contributed by atoms with Gasteiger partial charge < -0.3 is 19.2 Å². The van der Waals surface area contributed by atoms with E-state index in [9.17, 15) is 5.11 Å². The number of ether oxygens (including phenoxy) is 1. The maximum absolute atomic E-state index is 10.9. The molecule has 6 nitrogen and oxygen atoms in total. The number of rotatable bonds is 6. The summed E-state index contributed by atoms with van der Waals surface area (Å²) in [4.78, 5) is 9.53. The standard InChI is InChI=1S/C24H31N3O3/c1-16-6-7-20-19(12-16)23-21(28)13-18(14-22(23)30-24(20,3)4)17(2)26-29-11-5-9-27-10-8-25-15-27/h6,8,10,13-15,19-20,28H,5,7,9,11-12H2,1-4H3/b26-17+/t19-,20-/m0/s1. The lowest BCUT2D eigenvalue weighted by Crippen LogP contribution is -2.45. The van der Waals surface area contributed by atoms with Gasteiger partial charge in [-0.1, -0.05) is 16.8 Å². The fourth-order valence-corrected chi connectivity index (χ4v) is 4.70. The Hall–Kier alpha value is -2.76. The number of hydrogen-bond donors (Lipinski definition) is 1. The molecule has 0 saturated heterocycles. The highest BCUT2D eigenvalue weighted by molar-refractivity contribution is 5.99. The summed E-state index contributed by atoms with van der Waals surface area (Å²) in [7, 11) is 0. The van der Waals surface area contributed by atoms with Crippen molar-refractivity contribution in [2.75, 3.05) is 6.61 Å². The van der Waals surface area contributed by atoms with Crippen LogP contribution in [0, 0.1) is 5.92 Å². The summed E-state index contributed by atoms with van der Waals surface area (Å²) in [6.45, 7) is 9.72. The van der Waals surface area contributed by atoms with Gasteiger partial charge in [0.15, 0.2) is 0 Å². The van der Waals surface area contributed by atoms with Crippen molar-refractivity contribution in [3.8, 4) is 11.5 Å². The van der Waals surface area contributed by atoms with Gasteiger partial charge in [-0.05, 0) is 52.7 Å². The van der Waals surface area contributed by atoms with Crippen LogP contribution in [0.2, 0.25) is 0 Å². The number of allylic oxidation sites excluding steroid dienone is 2. The Labute approximate surface area is 178 Å². The van der Waals surface area contributed by atoms with E-state index in [0.29, 0.717) is 12.5 Å². The van der Waals surface area contributed by atoms with Crippen LogP contribution < -0.4 is 4.74 Å². The molecule has 1 aliphatic heterocycles. The Morgan fingerprint density at radius 1 is 1.40 bits per heavy atom. The number of oxime groups is 1. The molecule has 0 fully saturated rings. The number of benzene rings is 1. The summed E-state index contributed by atoms with van der Waals surface area (Å²) >= 11 is 0. The average Bonchev–Trinajstić information content (AvgIpc) is 3.19. The van der Waals surface area contributed by atoms with Crippen LogP contribution in [0.4, 0.5) is 0 Å². The first-order chi connectivity index (χ1) is 14.3. The minimum atomic E-state index is -0.283. The van der Waals surface area contributed by atoms with Crippen molar-refractivity contribution < 1.29 is 14.7 Å². The molecule has 30 heavy (non-hydrogen) atoms. The number of imidazole rings is 1. The minimum absolute atomic E-state index is 0.277. The molecule has 1 aromatic carbocycles. The number of aromatic hydroxyl groups is 1. The summed E-state index contributed by atoms with van der Waals surface area (Å²) in [5, 5.41) is 15.1. The van der Waals surface area contributed by atoms with Crippen LogP contribution in [0.5, 0.6) is 11.5 Å². The van der Waals surface area contributed by atoms with Crippen LogP contribution in [0.15, 0.2) is 47.7 Å². The summed E-state index contributed by atoms with van der Waals surface area (Å²) in [6.07, 6.45) is 10.6. The van der Waals surface area contributed by atoms with Crippen molar-refractivity contribution in [3.05, 3.63) is 53.6 Å². The van der Waals surface area contributed by atoms with Gasteiger partial charge in [0.2, 0.25) is 0 Å². The highest BCUT2D eigenvalue weighted by Crippen LogP contribution is 2.54. The summed E-state index contributed by atoms with van der Waals surface area (Å²) in [5.74, 6) is 1.69. The Morgan fingerprint density at radius 3 is 3.00 bits per heavy atom. The lowest BCUT2D eigenvalue weighted by Gasteiger charge is -2.47. The molecular formula is C24H31N3O3. The van der Waals surface area contributed by atoms with E-state index in [1.54, 1.807) is 18.6 Å². The van der Waals surface area contributed by atoms with Gasteiger partial charge in [0.05, 0.1) is 12.0 Å². The van der Waals surface area contributed by atoms with E-state index in [-0.39, 0.29) is 17.3 Å². The van der Waals surface area contributed by atoms with Crippen LogP contribution in [-0.4, -0.2) is 32.6 Å². The van der Waals surface area contributed by atoms with Crippen LogP contribution in [0.3, 0.4) is 0 Å². The van der Waals surface area contributed by atoms with E-state index in [1.165, 1.54) is 5.57 Å². The summed E-state index contributed by atoms with van der Waals surface area (Å²) in [6, 6.07) is 3.78. The zero-order valence-corrected chi connectivity index (χ0v) is 18.3. The number of phenolic OH excluding ortho intramolecular Hbond substituents is 1. The van der Waals surface area contributed by atoms with Crippen LogP contribution in [-0.2, 0) is 11.4 Å². The molecule has 0 radical (unpaired) electrons. The minimum Gasteiger partial charge on any atom is -0.507 e. The quantitative estimate of drug-likeness (QED) is 0.314. The van der Waals surface area contributed by atoms with Crippen molar-refractivity contribution in [3.63, 3.8) is 0 Å². The first-order valence-electron chi connectivity index (χ1n) is 10.7. The Bertz CT molecular complexity index is 960. The molecule has 0 spiro atoms. The summed E-state index contributed by atoms with van der Waals surface area (Å²) in [5.41, 5.74) is 3.57. The number of fused-ring (bicyclic) bond motifs is 3. The molecule has 0 bridgehead atoms. The van der Waals surface area contributed by atoms with Crippen molar-refractivity contribution >= 4 is 5.71 Å². The molecular weight excluding hydrogens is 378 g/mol. The van der Waals surface area contributed by atoms with E-state index in [4.69, 9.17) is 9.57 Å². The number of nitrogens with zero attached hydrogens (tertiary/aromatic N) is 3. The van der Waals surface area contributed by atoms with Gasteiger partial charge in [-0.25, -0.2) is 4.98 Å². The fourth-order valence-electron chi connectivity index (χ4n) is 4.70. The molecule has 2 aliphatic rings. The Morgan fingerprint density at radius 2 is 2.23 bits per heavy atom. The molecule has 160 valence electrons. The molecule has 4 rings (SSSR count). The van der Waals surface area contributed by atoms with E-state index in [2.05, 4.69) is 37.0 Å². The average molecular weight is 410 g/mol. The van der Waals surface area contributed by atoms with Crippen LogP contribution >= 0.6 is 0 Å². The van der Waals surface area contributed by atoms with Gasteiger partial charge >= 0.3 is 0 Å². The highest BCUT2D eigenvalue weighted by Gasteiger charge is 2.45. The first kappa shape index (κ1) is 20.5. The molecule has 0 amide bonds. The molecule has 0 unspecified atom stereocenters. The molecule has 2 aromatic rings. The highest BCUT2D eigenvalue weighted by atomic mass is 16.6. The monoisotopic (exact) mass is 409 g/mol. The fraction of sp³-hybridized carbons (Fsp3) is 0.500. The zero-order valence-electron chi connectivity index (χ0n) is 18.3. The largest absolute Gasteiger partial charge is 0.507 e. The molecule has 1 aromatic heterocycles. The second kappa shape index (κ2) is 8.17. The zero-order chi connectivity index (χ0) is 21.3. The van der Waals surface area contributed by atoms with Gasteiger partial charge in [-0.2, -0.15) is 0 Å². The molecule has 2 atom stereocenters. The van der Waals surface area contributed by atoms with Gasteiger partial charge in [0, 0.05) is 48.3 Å². The van der Waals surface area contributed by atoms with E-state index in [0.717, 1.165) is 48.4 Å². The van der Waals surface area contributed by atoms with Crippen molar-refractivity contribution in [1.29, 1.82) is 0 Å². The maximum atomic E-state index is 10.9. The van der Waals surface area contributed by atoms with Crippen molar-refractivity contribution in [1.82, 2.24) is 9.55 Å².